The predicted molar refractivity (Wildman–Crippen MR) is 139 cm³/mol. The van der Waals surface area contributed by atoms with E-state index in [9.17, 15) is 19.2 Å². The van der Waals surface area contributed by atoms with Gasteiger partial charge < -0.3 is 4.90 Å². The predicted octanol–water partition coefficient (Wildman–Crippen LogP) is 5.80. The third kappa shape index (κ3) is 5.06. The Hall–Kier alpha value is -4.08. The van der Waals surface area contributed by atoms with Crippen LogP contribution in [0.15, 0.2) is 88.7 Å². The van der Waals surface area contributed by atoms with Crippen LogP contribution in [0.3, 0.4) is 0 Å². The largest absolute Gasteiger partial charge is 0.311 e. The molecule has 0 radical (unpaired) electrons. The van der Waals surface area contributed by atoms with Crippen LogP contribution in [0.25, 0.3) is 12.2 Å². The lowest BCUT2D eigenvalue weighted by Crippen LogP contribution is -2.17. The van der Waals surface area contributed by atoms with Gasteiger partial charge in [-0.3, -0.25) is 29.8 Å². The maximum Gasteiger partial charge on any atom is 0.290 e. The average Bonchev–Trinajstić information content (AvgIpc) is 3.35. The van der Waals surface area contributed by atoms with Gasteiger partial charge in [0.05, 0.1) is 9.81 Å². The molecule has 5 rings (SSSR count). The van der Waals surface area contributed by atoms with Gasteiger partial charge in [0, 0.05) is 17.1 Å². The Bertz CT molecular complexity index is 1310. The Morgan fingerprint density at radius 3 is 1.31 bits per heavy atom. The molecule has 3 aromatic rings. The van der Waals surface area contributed by atoms with Crippen LogP contribution in [0.2, 0.25) is 0 Å². The highest BCUT2D eigenvalue weighted by Gasteiger charge is 2.26. The fourth-order valence-electron chi connectivity index (χ4n) is 3.61. The van der Waals surface area contributed by atoms with E-state index in [1.165, 1.54) is 0 Å². The van der Waals surface area contributed by atoms with Crippen molar-refractivity contribution < 1.29 is 19.2 Å². The Morgan fingerprint density at radius 1 is 0.543 bits per heavy atom. The zero-order chi connectivity index (χ0) is 24.4. The smallest absolute Gasteiger partial charge is 0.290 e. The van der Waals surface area contributed by atoms with Crippen molar-refractivity contribution in [2.45, 2.75) is 0 Å². The number of nitrogens with zero attached hydrogens (tertiary/aromatic N) is 1. The molecule has 35 heavy (non-hydrogen) atoms. The maximum atomic E-state index is 11.8. The fraction of sp³-hybridized carbons (Fsp3) is 0. The first-order valence-corrected chi connectivity index (χ1v) is 12.1. The summed E-state index contributed by atoms with van der Waals surface area (Å²) in [6, 6.07) is 25.2. The Kier molecular flexibility index (Phi) is 6.26. The minimum absolute atomic E-state index is 0.364. The number of nitrogens with one attached hydrogen (secondary N) is 2. The van der Waals surface area contributed by atoms with E-state index in [4.69, 9.17) is 0 Å². The number of hydrogen-bond donors (Lipinski definition) is 2. The van der Waals surface area contributed by atoms with Gasteiger partial charge in [-0.2, -0.15) is 0 Å². The van der Waals surface area contributed by atoms with Crippen molar-refractivity contribution >= 4 is 75.0 Å². The highest BCUT2D eigenvalue weighted by molar-refractivity contribution is 8.18. The van der Waals surface area contributed by atoms with Crippen LogP contribution in [-0.2, 0) is 9.59 Å². The van der Waals surface area contributed by atoms with Gasteiger partial charge in [-0.25, -0.2) is 0 Å². The molecule has 2 heterocycles. The molecular weight excluding hydrogens is 482 g/mol. The van der Waals surface area contributed by atoms with Gasteiger partial charge >= 0.3 is 0 Å². The molecule has 2 saturated heterocycles. The first kappa shape index (κ1) is 22.7. The number of thioether (sulfide) groups is 2. The third-order valence-corrected chi connectivity index (χ3v) is 6.82. The molecule has 4 amide bonds. The Balaban J connectivity index is 1.45. The first-order valence-electron chi connectivity index (χ1n) is 10.5. The van der Waals surface area contributed by atoms with E-state index >= 15 is 0 Å². The van der Waals surface area contributed by atoms with E-state index in [0.717, 1.165) is 51.7 Å². The molecule has 7 nitrogen and oxygen atoms in total. The van der Waals surface area contributed by atoms with Crippen molar-refractivity contribution in [3.63, 3.8) is 0 Å². The van der Waals surface area contributed by atoms with Gasteiger partial charge in [-0.05, 0) is 83.2 Å². The lowest BCUT2D eigenvalue weighted by molar-refractivity contribution is -0.116. The minimum Gasteiger partial charge on any atom is -0.311 e. The number of rotatable bonds is 5. The van der Waals surface area contributed by atoms with Crippen LogP contribution in [0, 0.1) is 0 Å². The molecule has 2 aliphatic heterocycles. The first-order chi connectivity index (χ1) is 17.0. The Morgan fingerprint density at radius 2 is 0.943 bits per heavy atom. The van der Waals surface area contributed by atoms with Crippen molar-refractivity contribution in [3.05, 3.63) is 99.8 Å². The number of hydrogen-bond acceptors (Lipinski definition) is 7. The quantitative estimate of drug-likeness (QED) is 0.428. The van der Waals surface area contributed by atoms with Gasteiger partial charge in [-0.15, -0.1) is 0 Å². The van der Waals surface area contributed by atoms with Gasteiger partial charge in [-0.1, -0.05) is 42.5 Å². The second-order valence-electron chi connectivity index (χ2n) is 7.56. The number of imide groups is 2. The summed E-state index contributed by atoms with van der Waals surface area (Å²) in [5.74, 6) is -0.772. The fourth-order valence-corrected chi connectivity index (χ4v) is 4.97. The van der Waals surface area contributed by atoms with E-state index in [1.54, 1.807) is 12.2 Å². The van der Waals surface area contributed by atoms with Crippen LogP contribution in [-0.4, -0.2) is 22.3 Å². The van der Waals surface area contributed by atoms with Crippen LogP contribution in [0.4, 0.5) is 26.7 Å². The van der Waals surface area contributed by atoms with Crippen LogP contribution in [0.5, 0.6) is 0 Å². The van der Waals surface area contributed by atoms with Crippen LogP contribution >= 0.6 is 23.5 Å². The van der Waals surface area contributed by atoms with Crippen molar-refractivity contribution in [1.29, 1.82) is 0 Å². The Labute approximate surface area is 209 Å². The van der Waals surface area contributed by atoms with Crippen molar-refractivity contribution in [1.82, 2.24) is 10.6 Å². The third-order valence-electron chi connectivity index (χ3n) is 5.20. The van der Waals surface area contributed by atoms with Crippen molar-refractivity contribution in [2.24, 2.45) is 0 Å². The average molecular weight is 500 g/mol. The van der Waals surface area contributed by atoms with E-state index < -0.39 is 0 Å². The molecule has 0 unspecified atom stereocenters. The second-order valence-corrected chi connectivity index (χ2v) is 9.59. The topological polar surface area (TPSA) is 95.6 Å². The SMILES string of the molecule is O=C1NC(=O)/C(=C/c2ccc(N(c3ccccc3)c3ccc(/C=C4/SC(=O)NC4=O)cc3)cc2)S1. The number of anilines is 3. The molecule has 2 N–H and O–H groups in total. The van der Waals surface area contributed by atoms with E-state index in [1.807, 2.05) is 78.9 Å². The van der Waals surface area contributed by atoms with Gasteiger partial charge in [0.15, 0.2) is 0 Å². The van der Waals surface area contributed by atoms with Crippen molar-refractivity contribution in [2.75, 3.05) is 4.90 Å². The summed E-state index contributed by atoms with van der Waals surface area (Å²) in [4.78, 5) is 49.3. The molecular formula is C26H17N3O4S2. The zero-order valence-electron chi connectivity index (χ0n) is 18.1. The molecule has 0 aliphatic carbocycles. The molecule has 0 saturated carbocycles. The summed E-state index contributed by atoms with van der Waals surface area (Å²) >= 11 is 1.77. The van der Waals surface area contributed by atoms with E-state index in [-0.39, 0.29) is 22.3 Å². The molecule has 9 heteroatoms. The van der Waals surface area contributed by atoms with Crippen LogP contribution in [0.1, 0.15) is 11.1 Å². The molecule has 3 aromatic carbocycles. The maximum absolute atomic E-state index is 11.8. The summed E-state index contributed by atoms with van der Waals surface area (Å²) in [5, 5.41) is 3.77. The highest BCUT2D eigenvalue weighted by atomic mass is 32.2. The molecule has 2 fully saturated rings. The molecule has 2 aliphatic rings. The standard InChI is InChI=1S/C26H17N3O4S2/c30-23-21(34-25(32)27-23)14-16-6-10-19(11-7-16)29(18-4-2-1-3-5-18)20-12-8-17(9-13-20)15-22-24(31)28-26(33)35-22/h1-15H,(H,27,30,32)(H,28,31,33)/b21-14-,22-15+. The number of para-hydroxylation sites is 1. The molecule has 172 valence electrons. The number of carbonyl (C=O) groups is 4. The summed E-state index contributed by atoms with van der Waals surface area (Å²) in [6.45, 7) is 0. The lowest BCUT2D eigenvalue weighted by atomic mass is 10.1. The van der Waals surface area contributed by atoms with E-state index in [0.29, 0.717) is 9.81 Å². The normalized spacial score (nSPS) is 17.7. The molecule has 0 spiro atoms. The summed E-state index contributed by atoms with van der Waals surface area (Å²) in [5.41, 5.74) is 4.37. The summed E-state index contributed by atoms with van der Waals surface area (Å²) in [7, 11) is 0. The number of carbonyl (C=O) groups excluding carboxylic acids is 4. The van der Waals surface area contributed by atoms with Gasteiger partial charge in [0.1, 0.15) is 0 Å². The lowest BCUT2D eigenvalue weighted by Gasteiger charge is -2.25. The molecule has 0 atom stereocenters. The summed E-state index contributed by atoms with van der Waals surface area (Å²) < 4.78 is 0. The minimum atomic E-state index is -0.386. The monoisotopic (exact) mass is 499 g/mol. The van der Waals surface area contributed by atoms with Crippen LogP contribution < -0.4 is 15.5 Å². The number of benzene rings is 3. The molecule has 0 aromatic heterocycles. The number of amides is 4. The highest BCUT2D eigenvalue weighted by Crippen LogP contribution is 2.35. The zero-order valence-corrected chi connectivity index (χ0v) is 19.7. The second kappa shape index (κ2) is 9.65. The van der Waals surface area contributed by atoms with Gasteiger partial charge in [0.25, 0.3) is 22.3 Å². The van der Waals surface area contributed by atoms with Crippen molar-refractivity contribution in [3.8, 4) is 0 Å². The van der Waals surface area contributed by atoms with E-state index in [2.05, 4.69) is 15.5 Å². The molecule has 0 bridgehead atoms. The van der Waals surface area contributed by atoms with Gasteiger partial charge in [0.2, 0.25) is 0 Å². The summed E-state index contributed by atoms with van der Waals surface area (Å²) in [6.07, 6.45) is 3.37.